The highest BCUT2D eigenvalue weighted by atomic mass is 16.5. The molecule has 0 saturated heterocycles. The van der Waals surface area contributed by atoms with E-state index in [-0.39, 0.29) is 0 Å². The molecule has 2 aromatic rings. The normalized spacial score (nSPS) is 11.3. The molecule has 2 aromatic carbocycles. The smallest absolute Gasteiger partial charge is 0.119 e. The lowest BCUT2D eigenvalue weighted by Crippen LogP contribution is -1.96. The van der Waals surface area contributed by atoms with Crippen LogP contribution >= 0.6 is 0 Å². The number of hydrogen-bond donors (Lipinski definition) is 0. The molecule has 26 heavy (non-hydrogen) atoms. The first-order chi connectivity index (χ1) is 12.8. The number of hydrogen-bond acceptors (Lipinski definition) is 4. The third-order valence-corrected chi connectivity index (χ3v) is 3.77. The number of benzene rings is 2. The average Bonchev–Trinajstić information content (AvgIpc) is 2.68. The van der Waals surface area contributed by atoms with Gasteiger partial charge in [-0.2, -0.15) is 10.2 Å². The first-order valence-corrected chi connectivity index (χ1v) is 9.34. The summed E-state index contributed by atoms with van der Waals surface area (Å²) in [4.78, 5) is 0. The fourth-order valence-corrected chi connectivity index (χ4v) is 2.17. The van der Waals surface area contributed by atoms with Crippen molar-refractivity contribution in [1.29, 1.82) is 0 Å². The van der Waals surface area contributed by atoms with Crippen LogP contribution < -0.4 is 9.47 Å². The molecular weight excluding hydrogens is 324 g/mol. The first kappa shape index (κ1) is 19.7. The van der Waals surface area contributed by atoms with Gasteiger partial charge in [0.15, 0.2) is 0 Å². The van der Waals surface area contributed by atoms with Gasteiger partial charge in [-0.3, -0.25) is 0 Å². The van der Waals surface area contributed by atoms with Crippen LogP contribution in [-0.2, 0) is 0 Å². The van der Waals surface area contributed by atoms with Crippen molar-refractivity contribution in [2.24, 2.45) is 10.2 Å². The standard InChI is InChI=1S/C22H28N2O2/c1-3-5-15-25-21-11-7-19(8-12-21)17-23-24-18-20-9-13-22(14-10-20)26-16-6-4-2/h7-14,17-18H,3-6,15-16H2,1-2H3/b23-17+,24-18?. The van der Waals surface area contributed by atoms with Crippen LogP contribution in [0, 0.1) is 0 Å². The Morgan fingerprint density at radius 3 is 1.38 bits per heavy atom. The molecule has 0 aliphatic rings. The molecule has 0 heterocycles. The molecule has 0 N–H and O–H groups in total. The molecule has 0 bridgehead atoms. The topological polar surface area (TPSA) is 43.2 Å². The summed E-state index contributed by atoms with van der Waals surface area (Å²) in [6.45, 7) is 5.83. The molecule has 138 valence electrons. The van der Waals surface area contributed by atoms with Gasteiger partial charge in [0.1, 0.15) is 11.5 Å². The summed E-state index contributed by atoms with van der Waals surface area (Å²) in [5.41, 5.74) is 1.98. The molecule has 0 amide bonds. The molecule has 0 unspecified atom stereocenters. The first-order valence-electron chi connectivity index (χ1n) is 9.34. The van der Waals surface area contributed by atoms with Crippen molar-refractivity contribution in [2.45, 2.75) is 39.5 Å². The molecule has 4 heteroatoms. The van der Waals surface area contributed by atoms with E-state index in [1.165, 1.54) is 0 Å². The number of ether oxygens (including phenoxy) is 2. The molecule has 0 aromatic heterocycles. The maximum atomic E-state index is 5.64. The number of rotatable bonds is 11. The van der Waals surface area contributed by atoms with Gasteiger partial charge in [-0.25, -0.2) is 0 Å². The molecule has 0 saturated carbocycles. The second-order valence-corrected chi connectivity index (χ2v) is 6.03. The van der Waals surface area contributed by atoms with Gasteiger partial charge >= 0.3 is 0 Å². The average molecular weight is 352 g/mol. The summed E-state index contributed by atoms with van der Waals surface area (Å²) in [5, 5.41) is 8.19. The van der Waals surface area contributed by atoms with Crippen LogP contribution in [-0.4, -0.2) is 25.6 Å². The fraction of sp³-hybridized carbons (Fsp3) is 0.364. The Hall–Kier alpha value is -2.62. The highest BCUT2D eigenvalue weighted by molar-refractivity contribution is 5.82. The minimum absolute atomic E-state index is 0.761. The summed E-state index contributed by atoms with van der Waals surface area (Å²) in [6.07, 6.45) is 7.88. The van der Waals surface area contributed by atoms with E-state index in [4.69, 9.17) is 9.47 Å². The Balaban J connectivity index is 1.79. The van der Waals surface area contributed by atoms with Crippen molar-refractivity contribution in [1.82, 2.24) is 0 Å². The van der Waals surface area contributed by atoms with Crippen molar-refractivity contribution < 1.29 is 9.47 Å². The highest BCUT2D eigenvalue weighted by Crippen LogP contribution is 2.13. The number of nitrogens with zero attached hydrogens (tertiary/aromatic N) is 2. The summed E-state index contributed by atoms with van der Waals surface area (Å²) in [7, 11) is 0. The van der Waals surface area contributed by atoms with Crippen molar-refractivity contribution in [3.8, 4) is 11.5 Å². The highest BCUT2D eigenvalue weighted by Gasteiger charge is 1.95. The monoisotopic (exact) mass is 352 g/mol. The molecule has 4 nitrogen and oxygen atoms in total. The van der Waals surface area contributed by atoms with Crippen LogP contribution in [0.2, 0.25) is 0 Å². The van der Waals surface area contributed by atoms with Crippen molar-refractivity contribution in [2.75, 3.05) is 13.2 Å². The Morgan fingerprint density at radius 1 is 0.654 bits per heavy atom. The van der Waals surface area contributed by atoms with E-state index in [0.29, 0.717) is 0 Å². The third kappa shape index (κ3) is 7.51. The number of unbranched alkanes of at least 4 members (excludes halogenated alkanes) is 2. The van der Waals surface area contributed by atoms with E-state index in [1.54, 1.807) is 12.4 Å². The Labute approximate surface area is 156 Å². The quantitative estimate of drug-likeness (QED) is 0.304. The molecular formula is C22H28N2O2. The maximum absolute atomic E-state index is 5.64. The molecule has 0 atom stereocenters. The van der Waals surface area contributed by atoms with Gasteiger partial charge in [0, 0.05) is 0 Å². The van der Waals surface area contributed by atoms with Crippen LogP contribution in [0.25, 0.3) is 0 Å². The summed E-state index contributed by atoms with van der Waals surface area (Å²) in [6, 6.07) is 15.7. The molecule has 0 spiro atoms. The minimum atomic E-state index is 0.761. The second-order valence-electron chi connectivity index (χ2n) is 6.03. The van der Waals surface area contributed by atoms with Crippen LogP contribution in [0.3, 0.4) is 0 Å². The zero-order valence-electron chi connectivity index (χ0n) is 15.7. The van der Waals surface area contributed by atoms with E-state index >= 15 is 0 Å². The van der Waals surface area contributed by atoms with Crippen LogP contribution in [0.15, 0.2) is 58.7 Å². The fourth-order valence-electron chi connectivity index (χ4n) is 2.17. The van der Waals surface area contributed by atoms with E-state index in [1.807, 2.05) is 48.5 Å². The van der Waals surface area contributed by atoms with E-state index in [2.05, 4.69) is 24.1 Å². The van der Waals surface area contributed by atoms with Crippen molar-refractivity contribution >= 4 is 12.4 Å². The van der Waals surface area contributed by atoms with Gasteiger partial charge in [-0.1, -0.05) is 26.7 Å². The van der Waals surface area contributed by atoms with E-state index in [0.717, 1.165) is 61.5 Å². The Morgan fingerprint density at radius 2 is 1.04 bits per heavy atom. The zero-order valence-corrected chi connectivity index (χ0v) is 15.7. The molecule has 2 rings (SSSR count). The van der Waals surface area contributed by atoms with Gasteiger partial charge in [0.05, 0.1) is 25.6 Å². The predicted octanol–water partition coefficient (Wildman–Crippen LogP) is 5.50. The lowest BCUT2D eigenvalue weighted by molar-refractivity contribution is 0.309. The Kier molecular flexibility index (Phi) is 8.98. The Bertz CT molecular complexity index is 615. The molecule has 0 radical (unpaired) electrons. The van der Waals surface area contributed by atoms with E-state index in [9.17, 15) is 0 Å². The summed E-state index contributed by atoms with van der Waals surface area (Å²) in [5.74, 6) is 1.78. The summed E-state index contributed by atoms with van der Waals surface area (Å²) < 4.78 is 11.3. The van der Waals surface area contributed by atoms with Gasteiger partial charge < -0.3 is 9.47 Å². The summed E-state index contributed by atoms with van der Waals surface area (Å²) >= 11 is 0. The third-order valence-electron chi connectivity index (χ3n) is 3.77. The van der Waals surface area contributed by atoms with Gasteiger partial charge in [-0.15, -0.1) is 0 Å². The van der Waals surface area contributed by atoms with Gasteiger partial charge in [-0.05, 0) is 72.5 Å². The van der Waals surface area contributed by atoms with Crippen LogP contribution in [0.1, 0.15) is 50.7 Å². The second kappa shape index (κ2) is 11.9. The molecule has 0 aliphatic carbocycles. The van der Waals surface area contributed by atoms with Crippen molar-refractivity contribution in [3.05, 3.63) is 59.7 Å². The lowest BCUT2D eigenvalue weighted by atomic mass is 10.2. The predicted molar refractivity (Wildman–Crippen MR) is 109 cm³/mol. The largest absolute Gasteiger partial charge is 0.494 e. The van der Waals surface area contributed by atoms with Crippen LogP contribution in [0.5, 0.6) is 11.5 Å². The van der Waals surface area contributed by atoms with Gasteiger partial charge in [0.25, 0.3) is 0 Å². The van der Waals surface area contributed by atoms with Crippen molar-refractivity contribution in [3.63, 3.8) is 0 Å². The van der Waals surface area contributed by atoms with E-state index < -0.39 is 0 Å². The lowest BCUT2D eigenvalue weighted by Gasteiger charge is -2.04. The molecule has 0 aliphatic heterocycles. The van der Waals surface area contributed by atoms with Gasteiger partial charge in [0.2, 0.25) is 0 Å². The zero-order chi connectivity index (χ0) is 18.5. The maximum Gasteiger partial charge on any atom is 0.119 e. The minimum Gasteiger partial charge on any atom is -0.494 e. The SMILES string of the molecule is CCCCOc1ccc(C=N/N=C/c2ccc(OCCCC)cc2)cc1. The molecule has 0 fully saturated rings. The van der Waals surface area contributed by atoms with Crippen LogP contribution in [0.4, 0.5) is 0 Å².